The molecule has 0 aliphatic rings. The molecule has 2 rings (SSSR count). The number of para-hydroxylation sites is 1. The topological polar surface area (TPSA) is 49.8 Å². The molecule has 0 bridgehead atoms. The van der Waals surface area contributed by atoms with Gasteiger partial charge in [-0.3, -0.25) is 9.11 Å². The maximum atomic E-state index is 11.4. The number of hydrogen-bond donors (Lipinski definition) is 1. The van der Waals surface area contributed by atoms with Crippen molar-refractivity contribution in [2.24, 2.45) is 0 Å². The zero-order valence-corrected chi connectivity index (χ0v) is 14.4. The quantitative estimate of drug-likeness (QED) is 0.806. The lowest BCUT2D eigenvalue weighted by Crippen LogP contribution is -2.26. The smallest absolute Gasteiger partial charge is 0.123 e. The van der Waals surface area contributed by atoms with E-state index in [1.54, 1.807) is 13.4 Å². The predicted molar refractivity (Wildman–Crippen MR) is 93.0 cm³/mol. The lowest BCUT2D eigenvalue weighted by molar-refractivity contribution is 0.183. The summed E-state index contributed by atoms with van der Waals surface area (Å²) in [4.78, 5) is 2.99. The zero-order chi connectivity index (χ0) is 16.7. The Morgan fingerprint density at radius 3 is 2.39 bits per heavy atom. The minimum absolute atomic E-state index is 0.103. The van der Waals surface area contributed by atoms with E-state index in [4.69, 9.17) is 4.74 Å². The molecule has 2 aromatic carbocycles. The molecule has 0 aromatic heterocycles. The first-order valence-electron chi connectivity index (χ1n) is 7.51. The number of aliphatic hydroxyl groups excluding tert-OH is 1. The molecule has 0 saturated heterocycles. The Balaban J connectivity index is 2.10. The van der Waals surface area contributed by atoms with Crippen molar-refractivity contribution in [2.45, 2.75) is 18.0 Å². The van der Waals surface area contributed by atoms with E-state index in [1.807, 2.05) is 48.5 Å². The molecule has 0 saturated carbocycles. The van der Waals surface area contributed by atoms with Crippen molar-refractivity contribution >= 4 is 10.8 Å². The van der Waals surface area contributed by atoms with Crippen LogP contribution < -0.4 is 4.74 Å². The average Bonchev–Trinajstić information content (AvgIpc) is 2.56. The highest BCUT2D eigenvalue weighted by atomic mass is 32.2. The first kappa shape index (κ1) is 17.7. The molecule has 4 nitrogen and oxygen atoms in total. The van der Waals surface area contributed by atoms with Crippen LogP contribution in [-0.2, 0) is 23.9 Å². The number of aliphatic hydroxyl groups is 1. The molecule has 23 heavy (non-hydrogen) atoms. The number of hydrogen-bond acceptors (Lipinski definition) is 4. The van der Waals surface area contributed by atoms with Gasteiger partial charge in [0.1, 0.15) is 5.75 Å². The summed E-state index contributed by atoms with van der Waals surface area (Å²) in [6.45, 7) is 2.10. The largest absolute Gasteiger partial charge is 0.496 e. The third kappa shape index (κ3) is 5.16. The van der Waals surface area contributed by atoms with Crippen LogP contribution in [0.4, 0.5) is 0 Å². The van der Waals surface area contributed by atoms with Crippen LogP contribution in [0.2, 0.25) is 0 Å². The fraction of sp³-hybridized carbons (Fsp3) is 0.333. The molecule has 1 atom stereocenters. The van der Waals surface area contributed by atoms with Gasteiger partial charge < -0.3 is 9.84 Å². The number of nitrogens with zero attached hydrogens (tertiary/aromatic N) is 1. The van der Waals surface area contributed by atoms with E-state index in [1.165, 1.54) is 0 Å². The van der Waals surface area contributed by atoms with E-state index in [9.17, 15) is 9.32 Å². The van der Waals surface area contributed by atoms with E-state index in [2.05, 4.69) is 4.90 Å². The highest BCUT2D eigenvalue weighted by Crippen LogP contribution is 2.20. The summed E-state index contributed by atoms with van der Waals surface area (Å²) in [5, 5.41) is 9.32. The number of methoxy groups -OCH3 is 1. The molecule has 5 heteroatoms. The molecule has 0 heterocycles. The predicted octanol–water partition coefficient (Wildman–Crippen LogP) is 2.43. The summed E-state index contributed by atoms with van der Waals surface area (Å²) < 4.78 is 16.8. The van der Waals surface area contributed by atoms with Crippen LogP contribution in [0.5, 0.6) is 5.75 Å². The van der Waals surface area contributed by atoms with Crippen molar-refractivity contribution < 1.29 is 14.1 Å². The van der Waals surface area contributed by atoms with Crippen LogP contribution in [0.1, 0.15) is 11.1 Å². The van der Waals surface area contributed by atoms with E-state index in [0.717, 1.165) is 28.3 Å². The van der Waals surface area contributed by atoms with Crippen LogP contribution >= 0.6 is 0 Å². The van der Waals surface area contributed by atoms with Gasteiger partial charge >= 0.3 is 0 Å². The van der Waals surface area contributed by atoms with E-state index in [0.29, 0.717) is 13.1 Å². The van der Waals surface area contributed by atoms with Gasteiger partial charge in [0.15, 0.2) is 0 Å². The first-order chi connectivity index (χ1) is 11.1. The minimum atomic E-state index is -0.959. The number of rotatable bonds is 8. The van der Waals surface area contributed by atoms with Gasteiger partial charge in [0.2, 0.25) is 0 Å². The Morgan fingerprint density at radius 1 is 1.09 bits per heavy atom. The second-order valence-electron chi connectivity index (χ2n) is 5.34. The van der Waals surface area contributed by atoms with E-state index >= 15 is 0 Å². The molecule has 1 unspecified atom stereocenters. The Morgan fingerprint density at radius 2 is 1.78 bits per heavy atom. The van der Waals surface area contributed by atoms with E-state index < -0.39 is 10.8 Å². The number of ether oxygens (including phenoxy) is 1. The first-order valence-corrected chi connectivity index (χ1v) is 9.07. The molecular weight excluding hydrogens is 310 g/mol. The summed E-state index contributed by atoms with van der Waals surface area (Å²) in [6, 6.07) is 15.7. The zero-order valence-electron chi connectivity index (χ0n) is 13.6. The molecule has 0 aliphatic carbocycles. The van der Waals surface area contributed by atoms with Gasteiger partial charge in [-0.1, -0.05) is 30.3 Å². The van der Waals surface area contributed by atoms with Crippen molar-refractivity contribution in [3.8, 4) is 5.75 Å². The Labute approximate surface area is 140 Å². The normalized spacial score (nSPS) is 12.3. The Bertz CT molecular complexity index is 643. The van der Waals surface area contributed by atoms with Crippen molar-refractivity contribution in [3.63, 3.8) is 0 Å². The van der Waals surface area contributed by atoms with Crippen molar-refractivity contribution in [1.82, 2.24) is 4.90 Å². The lowest BCUT2D eigenvalue weighted by atomic mass is 10.1. The van der Waals surface area contributed by atoms with Crippen molar-refractivity contribution in [2.75, 3.05) is 26.5 Å². The van der Waals surface area contributed by atoms with Crippen molar-refractivity contribution in [1.29, 1.82) is 0 Å². The Hall–Kier alpha value is -1.69. The standard InChI is InChI=1S/C18H23NO3S/c1-22-18-6-4-3-5-16(18)14-19(11-12-20)13-15-7-9-17(10-8-15)23(2)21/h3-10,20H,11-14H2,1-2H3. The SMILES string of the molecule is COc1ccccc1CN(CCO)Cc1ccc(S(C)=O)cc1. The fourth-order valence-electron chi connectivity index (χ4n) is 2.47. The van der Waals surface area contributed by atoms with Gasteiger partial charge in [-0.05, 0) is 23.8 Å². The van der Waals surface area contributed by atoms with Gasteiger partial charge in [0.05, 0.1) is 13.7 Å². The van der Waals surface area contributed by atoms with Gasteiger partial charge in [0.25, 0.3) is 0 Å². The van der Waals surface area contributed by atoms with Gasteiger partial charge in [0, 0.05) is 47.1 Å². The van der Waals surface area contributed by atoms with Gasteiger partial charge in [-0.15, -0.1) is 0 Å². The summed E-state index contributed by atoms with van der Waals surface area (Å²) in [6.07, 6.45) is 1.68. The molecule has 0 fully saturated rings. The molecule has 2 aromatic rings. The van der Waals surface area contributed by atoms with Crippen LogP contribution in [0.25, 0.3) is 0 Å². The summed E-state index contributed by atoms with van der Waals surface area (Å²) in [5.41, 5.74) is 2.22. The Kier molecular flexibility index (Phi) is 6.77. The third-order valence-electron chi connectivity index (χ3n) is 3.66. The minimum Gasteiger partial charge on any atom is -0.496 e. The van der Waals surface area contributed by atoms with Gasteiger partial charge in [-0.2, -0.15) is 0 Å². The second-order valence-corrected chi connectivity index (χ2v) is 6.72. The van der Waals surface area contributed by atoms with E-state index in [-0.39, 0.29) is 6.61 Å². The van der Waals surface area contributed by atoms with Crippen LogP contribution in [0, 0.1) is 0 Å². The maximum Gasteiger partial charge on any atom is 0.123 e. The highest BCUT2D eigenvalue weighted by Gasteiger charge is 2.10. The van der Waals surface area contributed by atoms with Crippen LogP contribution in [0.15, 0.2) is 53.4 Å². The second kappa shape index (κ2) is 8.82. The molecule has 0 radical (unpaired) electrons. The highest BCUT2D eigenvalue weighted by molar-refractivity contribution is 7.84. The summed E-state index contributed by atoms with van der Waals surface area (Å²) in [7, 11) is 0.706. The summed E-state index contributed by atoms with van der Waals surface area (Å²) in [5.74, 6) is 0.854. The molecule has 0 spiro atoms. The molecule has 124 valence electrons. The van der Waals surface area contributed by atoms with Crippen molar-refractivity contribution in [3.05, 3.63) is 59.7 Å². The lowest BCUT2D eigenvalue weighted by Gasteiger charge is -2.22. The third-order valence-corrected chi connectivity index (χ3v) is 4.60. The monoisotopic (exact) mass is 333 g/mol. The molecular formula is C18H23NO3S. The van der Waals surface area contributed by atoms with Crippen LogP contribution in [-0.4, -0.2) is 40.7 Å². The fourth-order valence-corrected chi connectivity index (χ4v) is 2.99. The maximum absolute atomic E-state index is 11.4. The molecule has 0 aliphatic heterocycles. The molecule has 1 N–H and O–H groups in total. The van der Waals surface area contributed by atoms with Crippen LogP contribution in [0.3, 0.4) is 0 Å². The van der Waals surface area contributed by atoms with Gasteiger partial charge in [-0.25, -0.2) is 0 Å². The number of benzene rings is 2. The average molecular weight is 333 g/mol. The molecule has 0 amide bonds. The summed E-state index contributed by atoms with van der Waals surface area (Å²) >= 11 is 0.